The van der Waals surface area contributed by atoms with Crippen LogP contribution in [0.5, 0.6) is 0 Å². The average molecular weight is 159 g/mol. The van der Waals surface area contributed by atoms with Gasteiger partial charge in [0, 0.05) is 0 Å². The van der Waals surface area contributed by atoms with Gasteiger partial charge in [-0.2, -0.15) is 0 Å². The minimum Gasteiger partial charge on any atom is -0.445 e. The standard InChI is InChI=1S/C5H13NOSi2/c1-3-5-6-9(4-2)7-8/h6H,3-5H2,1-2H3. The maximum absolute atomic E-state index is 5.00. The molecule has 1 N–H and O–H groups in total. The number of hydrogen-bond donors (Lipinski definition) is 1. The summed E-state index contributed by atoms with van der Waals surface area (Å²) in [7, 11) is 2.31. The second kappa shape index (κ2) is 6.47. The second-order valence-electron chi connectivity index (χ2n) is 1.81. The minimum atomic E-state index is -0.722. The molecule has 0 saturated heterocycles. The predicted octanol–water partition coefficient (Wildman–Crippen LogP) is 0.594. The molecule has 0 aromatic heterocycles. The highest BCUT2D eigenvalue weighted by Gasteiger charge is 2.04. The van der Waals surface area contributed by atoms with Gasteiger partial charge in [-0.15, -0.1) is 0 Å². The first-order valence-electron chi connectivity index (χ1n) is 3.28. The van der Waals surface area contributed by atoms with E-state index in [2.05, 4.69) is 29.3 Å². The summed E-state index contributed by atoms with van der Waals surface area (Å²) < 4.78 is 5.00. The van der Waals surface area contributed by atoms with Crippen LogP contribution in [0.3, 0.4) is 0 Å². The first-order valence-corrected chi connectivity index (χ1v) is 5.30. The Bertz CT molecular complexity index is 58.9. The summed E-state index contributed by atoms with van der Waals surface area (Å²) in [6.07, 6.45) is 1.17. The molecule has 0 amide bonds. The molecule has 0 bridgehead atoms. The van der Waals surface area contributed by atoms with Crippen molar-refractivity contribution in [3.63, 3.8) is 0 Å². The van der Waals surface area contributed by atoms with E-state index in [1.165, 1.54) is 6.42 Å². The minimum absolute atomic E-state index is 0.722. The van der Waals surface area contributed by atoms with Crippen LogP contribution < -0.4 is 4.98 Å². The Balaban J connectivity index is 3.09. The molecular weight excluding hydrogens is 146 g/mol. The topological polar surface area (TPSA) is 21.3 Å². The number of rotatable bonds is 5. The molecule has 0 unspecified atom stereocenters. The molecule has 0 aliphatic carbocycles. The van der Waals surface area contributed by atoms with Crippen LogP contribution in [-0.4, -0.2) is 26.2 Å². The molecule has 0 heterocycles. The van der Waals surface area contributed by atoms with Gasteiger partial charge in [-0.05, 0) is 19.0 Å². The molecule has 0 spiro atoms. The van der Waals surface area contributed by atoms with Crippen molar-refractivity contribution in [3.8, 4) is 0 Å². The van der Waals surface area contributed by atoms with Gasteiger partial charge in [-0.3, -0.25) is 0 Å². The van der Waals surface area contributed by atoms with Crippen molar-refractivity contribution >= 4 is 19.7 Å². The summed E-state index contributed by atoms with van der Waals surface area (Å²) in [5.41, 5.74) is 0. The van der Waals surface area contributed by atoms with Crippen molar-refractivity contribution in [2.24, 2.45) is 0 Å². The maximum atomic E-state index is 5.00. The summed E-state index contributed by atoms with van der Waals surface area (Å²) in [6, 6.07) is 1.09. The van der Waals surface area contributed by atoms with Crippen molar-refractivity contribution < 1.29 is 4.12 Å². The number of hydrogen-bond acceptors (Lipinski definition) is 2. The van der Waals surface area contributed by atoms with Crippen LogP contribution in [0.2, 0.25) is 6.04 Å². The zero-order valence-electron chi connectivity index (χ0n) is 6.03. The van der Waals surface area contributed by atoms with E-state index in [0.29, 0.717) is 0 Å². The van der Waals surface area contributed by atoms with E-state index < -0.39 is 9.20 Å². The lowest BCUT2D eigenvalue weighted by atomic mass is 10.5. The third kappa shape index (κ3) is 4.83. The first-order chi connectivity index (χ1) is 4.35. The molecule has 0 aromatic carbocycles. The summed E-state index contributed by atoms with van der Waals surface area (Å²) in [5.74, 6) is 0. The molecule has 0 saturated carbocycles. The van der Waals surface area contributed by atoms with Gasteiger partial charge < -0.3 is 9.10 Å². The van der Waals surface area contributed by atoms with Gasteiger partial charge in [0.2, 0.25) is 10.5 Å². The normalized spacial score (nSPS) is 10.7. The molecular formula is C5H13NOSi2. The van der Waals surface area contributed by atoms with Gasteiger partial charge in [-0.25, -0.2) is 0 Å². The quantitative estimate of drug-likeness (QED) is 0.593. The molecule has 4 heteroatoms. The van der Waals surface area contributed by atoms with E-state index in [-0.39, 0.29) is 0 Å². The highest BCUT2D eigenvalue weighted by molar-refractivity contribution is 6.52. The summed E-state index contributed by atoms with van der Waals surface area (Å²) in [6.45, 7) is 5.33. The van der Waals surface area contributed by atoms with E-state index in [1.54, 1.807) is 0 Å². The van der Waals surface area contributed by atoms with Gasteiger partial charge >= 0.3 is 0 Å². The van der Waals surface area contributed by atoms with Crippen LogP contribution in [0, 0.1) is 0 Å². The molecule has 0 rings (SSSR count). The van der Waals surface area contributed by atoms with E-state index >= 15 is 0 Å². The van der Waals surface area contributed by atoms with Crippen molar-refractivity contribution in [1.29, 1.82) is 0 Å². The molecule has 0 atom stereocenters. The fourth-order valence-electron chi connectivity index (χ4n) is 0.498. The second-order valence-corrected chi connectivity index (χ2v) is 4.53. The molecule has 0 aromatic rings. The monoisotopic (exact) mass is 159 g/mol. The summed E-state index contributed by atoms with van der Waals surface area (Å²) >= 11 is 0. The van der Waals surface area contributed by atoms with Gasteiger partial charge in [0.1, 0.15) is 0 Å². The van der Waals surface area contributed by atoms with Crippen LogP contribution in [0.1, 0.15) is 20.3 Å². The third-order valence-corrected chi connectivity index (χ3v) is 3.29. The Kier molecular flexibility index (Phi) is 6.73. The first kappa shape index (κ1) is 9.35. The van der Waals surface area contributed by atoms with Crippen LogP contribution in [0.4, 0.5) is 0 Å². The molecule has 0 aliphatic rings. The highest BCUT2D eigenvalue weighted by atomic mass is 28.3. The SMILES string of the molecule is CCCN[Si](CC)O[Si]. The highest BCUT2D eigenvalue weighted by Crippen LogP contribution is 1.85. The van der Waals surface area contributed by atoms with Crippen molar-refractivity contribution in [1.82, 2.24) is 4.98 Å². The van der Waals surface area contributed by atoms with Crippen LogP contribution in [0.25, 0.3) is 0 Å². The van der Waals surface area contributed by atoms with Crippen LogP contribution in [-0.2, 0) is 4.12 Å². The fraction of sp³-hybridized carbons (Fsp3) is 1.00. The van der Waals surface area contributed by atoms with Gasteiger partial charge in [0.15, 0.2) is 0 Å². The lowest BCUT2D eigenvalue weighted by Gasteiger charge is -2.09. The number of nitrogens with one attached hydrogen (secondary N) is 1. The van der Waals surface area contributed by atoms with Crippen LogP contribution >= 0.6 is 0 Å². The zero-order valence-corrected chi connectivity index (χ0v) is 8.03. The smallest absolute Gasteiger partial charge is 0.291 e. The summed E-state index contributed by atoms with van der Waals surface area (Å²) in [4.78, 5) is 3.30. The van der Waals surface area contributed by atoms with Crippen LogP contribution in [0.15, 0.2) is 0 Å². The van der Waals surface area contributed by atoms with Crippen molar-refractivity contribution in [3.05, 3.63) is 0 Å². The van der Waals surface area contributed by atoms with E-state index in [9.17, 15) is 0 Å². The average Bonchev–Trinajstić information content (AvgIpc) is 1.91. The molecule has 2 nitrogen and oxygen atoms in total. The Morgan fingerprint density at radius 2 is 2.22 bits per heavy atom. The van der Waals surface area contributed by atoms with Gasteiger partial charge in [0.25, 0.3) is 9.20 Å². The lowest BCUT2D eigenvalue weighted by molar-refractivity contribution is 0.596. The fourth-order valence-corrected chi connectivity index (χ4v) is 2.14. The third-order valence-electron chi connectivity index (χ3n) is 1.02. The predicted molar refractivity (Wildman–Crippen MR) is 41.4 cm³/mol. The van der Waals surface area contributed by atoms with E-state index in [0.717, 1.165) is 12.6 Å². The van der Waals surface area contributed by atoms with Crippen molar-refractivity contribution in [2.75, 3.05) is 6.54 Å². The van der Waals surface area contributed by atoms with Gasteiger partial charge in [0.05, 0.1) is 0 Å². The van der Waals surface area contributed by atoms with E-state index in [4.69, 9.17) is 4.12 Å². The van der Waals surface area contributed by atoms with Crippen molar-refractivity contribution in [2.45, 2.75) is 26.3 Å². The maximum Gasteiger partial charge on any atom is 0.291 e. The summed E-state index contributed by atoms with van der Waals surface area (Å²) in [5, 5.41) is 0. The Hall–Kier alpha value is 0.354. The van der Waals surface area contributed by atoms with E-state index in [1.807, 2.05) is 0 Å². The zero-order chi connectivity index (χ0) is 7.11. The molecule has 9 heavy (non-hydrogen) atoms. The lowest BCUT2D eigenvalue weighted by Crippen LogP contribution is -2.35. The Labute approximate surface area is 62.3 Å². The Morgan fingerprint density at radius 3 is 2.56 bits per heavy atom. The Morgan fingerprint density at radius 1 is 1.56 bits per heavy atom. The molecule has 4 radical (unpaired) electrons. The molecule has 52 valence electrons. The largest absolute Gasteiger partial charge is 0.445 e. The molecule has 0 fully saturated rings. The molecule has 0 aliphatic heterocycles. The van der Waals surface area contributed by atoms with Gasteiger partial charge in [-0.1, -0.05) is 13.8 Å².